The van der Waals surface area contributed by atoms with Crippen molar-refractivity contribution in [2.24, 2.45) is 0 Å². The van der Waals surface area contributed by atoms with Crippen LogP contribution in [-0.4, -0.2) is 19.7 Å². The van der Waals surface area contributed by atoms with Crippen molar-refractivity contribution in [2.45, 2.75) is 45.4 Å². The molecule has 0 fully saturated rings. The largest absolute Gasteiger partial charge is 0.491 e. The Balaban J connectivity index is 1.90. The molecule has 0 amide bonds. The van der Waals surface area contributed by atoms with Crippen LogP contribution in [0.4, 0.5) is 4.39 Å². The van der Waals surface area contributed by atoms with E-state index in [0.29, 0.717) is 12.4 Å². The molecule has 108 valence electrons. The highest BCUT2D eigenvalue weighted by Gasteiger charge is 2.00. The van der Waals surface area contributed by atoms with Gasteiger partial charge in [-0.05, 0) is 44.5 Å². The van der Waals surface area contributed by atoms with Crippen LogP contribution in [0.25, 0.3) is 0 Å². The third kappa shape index (κ3) is 7.83. The van der Waals surface area contributed by atoms with E-state index < -0.39 is 0 Å². The van der Waals surface area contributed by atoms with E-state index in [9.17, 15) is 4.39 Å². The molecule has 0 aliphatic rings. The lowest BCUT2D eigenvalue weighted by Crippen LogP contribution is -2.16. The number of unbranched alkanes of at least 4 members (excludes halogenated alkanes) is 4. The summed E-state index contributed by atoms with van der Waals surface area (Å²) in [6, 6.07) is 6.57. The van der Waals surface area contributed by atoms with Crippen molar-refractivity contribution in [3.8, 4) is 5.75 Å². The Hall–Kier alpha value is -1.09. The lowest BCUT2D eigenvalue weighted by atomic mass is 10.2. The normalized spacial score (nSPS) is 10.6. The van der Waals surface area contributed by atoms with E-state index in [1.807, 2.05) is 0 Å². The molecule has 0 atom stereocenters. The Morgan fingerprint density at radius 3 is 2.53 bits per heavy atom. The summed E-state index contributed by atoms with van der Waals surface area (Å²) in [4.78, 5) is 0. The lowest BCUT2D eigenvalue weighted by Gasteiger charge is -2.07. The molecule has 0 saturated heterocycles. The fourth-order valence-electron chi connectivity index (χ4n) is 1.88. The van der Waals surface area contributed by atoms with Crippen molar-refractivity contribution in [1.82, 2.24) is 5.32 Å². The summed E-state index contributed by atoms with van der Waals surface area (Å²) in [5.41, 5.74) is 0. The summed E-state index contributed by atoms with van der Waals surface area (Å²) in [7, 11) is 0. The van der Waals surface area contributed by atoms with E-state index in [-0.39, 0.29) is 5.82 Å². The zero-order valence-electron chi connectivity index (χ0n) is 12.0. The molecule has 0 heterocycles. The van der Waals surface area contributed by atoms with Crippen molar-refractivity contribution in [1.29, 1.82) is 0 Å². The first-order valence-electron chi connectivity index (χ1n) is 7.42. The summed E-state index contributed by atoms with van der Waals surface area (Å²) < 4.78 is 18.6. The number of hydrogen-bond donors (Lipinski definition) is 1. The van der Waals surface area contributed by atoms with Crippen molar-refractivity contribution in [3.05, 3.63) is 30.1 Å². The molecule has 0 radical (unpaired) electrons. The van der Waals surface area contributed by atoms with E-state index in [4.69, 9.17) is 4.74 Å². The Labute approximate surface area is 116 Å². The molecule has 0 unspecified atom stereocenters. The van der Waals surface area contributed by atoms with E-state index >= 15 is 0 Å². The van der Waals surface area contributed by atoms with E-state index in [1.165, 1.54) is 31.7 Å². The minimum absolute atomic E-state index is 0.275. The first-order valence-corrected chi connectivity index (χ1v) is 7.42. The fourth-order valence-corrected chi connectivity index (χ4v) is 1.88. The zero-order chi connectivity index (χ0) is 13.8. The number of halogens is 1. The monoisotopic (exact) mass is 267 g/mol. The lowest BCUT2D eigenvalue weighted by molar-refractivity contribution is 0.290. The molecule has 2 nitrogen and oxygen atoms in total. The molecule has 3 heteroatoms. The molecule has 19 heavy (non-hydrogen) atoms. The van der Waals surface area contributed by atoms with E-state index in [1.54, 1.807) is 18.2 Å². The highest BCUT2D eigenvalue weighted by molar-refractivity contribution is 5.23. The number of hydrogen-bond acceptors (Lipinski definition) is 2. The van der Waals surface area contributed by atoms with E-state index in [2.05, 4.69) is 12.2 Å². The molecule has 0 saturated carbocycles. The maximum atomic E-state index is 13.2. The summed E-state index contributed by atoms with van der Waals surface area (Å²) >= 11 is 0. The quantitative estimate of drug-likeness (QED) is 0.608. The predicted molar refractivity (Wildman–Crippen MR) is 78.1 cm³/mol. The number of ether oxygens (including phenoxy) is 1. The fraction of sp³-hybridized carbons (Fsp3) is 0.625. The maximum Gasteiger partial charge on any atom is 0.165 e. The van der Waals surface area contributed by atoms with Crippen LogP contribution in [0.15, 0.2) is 24.3 Å². The molecule has 0 aliphatic carbocycles. The number of rotatable bonds is 11. The Morgan fingerprint density at radius 1 is 1.00 bits per heavy atom. The number of para-hydroxylation sites is 1. The smallest absolute Gasteiger partial charge is 0.165 e. The summed E-state index contributed by atoms with van der Waals surface area (Å²) in [5.74, 6) is 0.0892. The highest BCUT2D eigenvalue weighted by atomic mass is 19.1. The van der Waals surface area contributed by atoms with Gasteiger partial charge in [-0.15, -0.1) is 0 Å². The molecule has 1 aromatic rings. The van der Waals surface area contributed by atoms with Gasteiger partial charge in [0.15, 0.2) is 11.6 Å². The second kappa shape index (κ2) is 10.8. The molecular formula is C16H26FNO. The third-order valence-electron chi connectivity index (χ3n) is 3.05. The number of nitrogens with one attached hydrogen (secondary N) is 1. The topological polar surface area (TPSA) is 21.3 Å². The van der Waals surface area contributed by atoms with Crippen LogP contribution in [-0.2, 0) is 0 Å². The van der Waals surface area contributed by atoms with Gasteiger partial charge >= 0.3 is 0 Å². The highest BCUT2D eigenvalue weighted by Crippen LogP contribution is 2.15. The van der Waals surface area contributed by atoms with Crippen LogP contribution in [0, 0.1) is 5.82 Å². The third-order valence-corrected chi connectivity index (χ3v) is 3.05. The van der Waals surface area contributed by atoms with Crippen LogP contribution in [0.1, 0.15) is 45.4 Å². The van der Waals surface area contributed by atoms with Gasteiger partial charge in [-0.1, -0.05) is 38.3 Å². The summed E-state index contributed by atoms with van der Waals surface area (Å²) in [6.45, 7) is 5.04. The molecule has 0 aromatic heterocycles. The SMILES string of the molecule is CCCCNCCCCCCOc1ccccc1F. The molecular weight excluding hydrogens is 241 g/mol. The average Bonchev–Trinajstić information content (AvgIpc) is 2.43. The van der Waals surface area contributed by atoms with Crippen LogP contribution in [0.3, 0.4) is 0 Å². The van der Waals surface area contributed by atoms with Crippen molar-refractivity contribution < 1.29 is 9.13 Å². The van der Waals surface area contributed by atoms with Gasteiger partial charge in [0.25, 0.3) is 0 Å². The minimum atomic E-state index is -0.275. The van der Waals surface area contributed by atoms with Crippen LogP contribution in [0.2, 0.25) is 0 Å². The number of benzene rings is 1. The van der Waals surface area contributed by atoms with Crippen LogP contribution < -0.4 is 10.1 Å². The van der Waals surface area contributed by atoms with Gasteiger partial charge in [-0.3, -0.25) is 0 Å². The first kappa shape index (κ1) is 16.0. The summed E-state index contributed by atoms with van der Waals surface area (Å²) in [5, 5.41) is 3.43. The van der Waals surface area contributed by atoms with Gasteiger partial charge in [0, 0.05) is 0 Å². The van der Waals surface area contributed by atoms with Gasteiger partial charge in [0.2, 0.25) is 0 Å². The van der Waals surface area contributed by atoms with Gasteiger partial charge in [-0.2, -0.15) is 0 Å². The standard InChI is InChI=1S/C16H26FNO/c1-2-3-12-18-13-8-4-5-9-14-19-16-11-7-6-10-15(16)17/h6-7,10-11,18H,2-5,8-9,12-14H2,1H3. The van der Waals surface area contributed by atoms with Gasteiger partial charge in [-0.25, -0.2) is 4.39 Å². The Kier molecular flexibility index (Phi) is 9.07. The second-order valence-corrected chi connectivity index (χ2v) is 4.80. The molecule has 1 rings (SSSR count). The molecule has 0 aliphatic heterocycles. The Morgan fingerprint density at radius 2 is 1.74 bits per heavy atom. The maximum absolute atomic E-state index is 13.2. The van der Waals surface area contributed by atoms with Gasteiger partial charge in [0.05, 0.1) is 6.61 Å². The molecule has 0 bridgehead atoms. The van der Waals surface area contributed by atoms with Crippen molar-refractivity contribution in [3.63, 3.8) is 0 Å². The average molecular weight is 267 g/mol. The zero-order valence-corrected chi connectivity index (χ0v) is 12.0. The van der Waals surface area contributed by atoms with Gasteiger partial charge in [0.1, 0.15) is 0 Å². The van der Waals surface area contributed by atoms with Crippen LogP contribution >= 0.6 is 0 Å². The Bertz CT molecular complexity index is 330. The minimum Gasteiger partial charge on any atom is -0.491 e. The molecule has 1 N–H and O–H groups in total. The molecule has 0 spiro atoms. The van der Waals surface area contributed by atoms with E-state index in [0.717, 1.165) is 25.9 Å². The van der Waals surface area contributed by atoms with Gasteiger partial charge < -0.3 is 10.1 Å². The molecule has 1 aromatic carbocycles. The van der Waals surface area contributed by atoms with Crippen molar-refractivity contribution in [2.75, 3.05) is 19.7 Å². The van der Waals surface area contributed by atoms with Crippen LogP contribution in [0.5, 0.6) is 5.75 Å². The first-order chi connectivity index (χ1) is 9.34. The predicted octanol–water partition coefficient (Wildman–Crippen LogP) is 4.15. The van der Waals surface area contributed by atoms with Crippen molar-refractivity contribution >= 4 is 0 Å². The summed E-state index contributed by atoms with van der Waals surface area (Å²) in [6.07, 6.45) is 7.06. The second-order valence-electron chi connectivity index (χ2n) is 4.80.